The molecule has 0 radical (unpaired) electrons. The van der Waals surface area contributed by atoms with E-state index in [1.807, 2.05) is 18.2 Å². The maximum absolute atomic E-state index is 13.9. The molecule has 1 saturated heterocycles. The van der Waals surface area contributed by atoms with Crippen LogP contribution in [0, 0.1) is 25.1 Å². The predicted molar refractivity (Wildman–Crippen MR) is 153 cm³/mol. The van der Waals surface area contributed by atoms with Crippen LogP contribution in [0.3, 0.4) is 0 Å². The molecule has 2 aliphatic heterocycles. The fourth-order valence-corrected chi connectivity index (χ4v) is 6.15. The van der Waals surface area contributed by atoms with E-state index >= 15 is 0 Å². The van der Waals surface area contributed by atoms with Gasteiger partial charge in [-0.2, -0.15) is 0 Å². The summed E-state index contributed by atoms with van der Waals surface area (Å²) in [6.45, 7) is 7.87. The van der Waals surface area contributed by atoms with E-state index in [0.717, 1.165) is 68.8 Å². The van der Waals surface area contributed by atoms with Crippen LogP contribution in [0.15, 0.2) is 54.6 Å². The van der Waals surface area contributed by atoms with Gasteiger partial charge in [-0.1, -0.05) is 24.6 Å². The Morgan fingerprint density at radius 3 is 2.52 bits per heavy atom. The highest BCUT2D eigenvalue weighted by molar-refractivity contribution is 5.96. The molecule has 2 N–H and O–H groups in total. The fraction of sp³-hybridized carbons (Fsp3) is 0.438. The number of aryl methyl sites for hydroxylation is 1. The number of likely N-dealkylation sites (tertiary alicyclic amines) is 1. The van der Waals surface area contributed by atoms with Crippen LogP contribution in [0.25, 0.3) is 5.69 Å². The predicted octanol–water partition coefficient (Wildman–Crippen LogP) is 4.92. The first-order chi connectivity index (χ1) is 19.4. The van der Waals surface area contributed by atoms with Gasteiger partial charge >= 0.3 is 0 Å². The van der Waals surface area contributed by atoms with E-state index in [0.29, 0.717) is 31.0 Å². The number of rotatable bonds is 3. The van der Waals surface area contributed by atoms with Crippen LogP contribution in [0.4, 0.5) is 4.39 Å². The maximum Gasteiger partial charge on any atom is 0.255 e. The summed E-state index contributed by atoms with van der Waals surface area (Å²) in [5.41, 5.74) is 4.35. The average molecular weight is 547 g/mol. The Hall–Kier alpha value is -3.65. The standard InChI is InChI=1S/C32H39FN4O3/c1-23-20-25(24(2)37(23)27-9-7-8-26(33)21-27)22-36-17-13-32(14-18-36)12-5-6-15-34-30(38)28-10-3-4-11-29(28)40-19-16-35-31(32)39/h3-4,7-11,20-21H,5-6,12-19,22H2,1-2H3,(H,34,38)(H,35,39). The zero-order chi connectivity index (χ0) is 28.1. The molecule has 8 heteroatoms. The van der Waals surface area contributed by atoms with Crippen molar-refractivity contribution in [2.24, 2.45) is 5.41 Å². The number of aromatic nitrogens is 1. The van der Waals surface area contributed by atoms with Crippen LogP contribution in [-0.4, -0.2) is 54.1 Å². The third-order valence-electron chi connectivity index (χ3n) is 8.44. The minimum Gasteiger partial charge on any atom is -0.491 e. The Labute approximate surface area is 235 Å². The molecule has 1 fully saturated rings. The quantitative estimate of drug-likeness (QED) is 0.489. The molecule has 5 rings (SSSR count). The molecule has 3 heterocycles. The normalized spacial score (nSPS) is 18.8. The summed E-state index contributed by atoms with van der Waals surface area (Å²) in [5, 5.41) is 6.14. The lowest BCUT2D eigenvalue weighted by Gasteiger charge is -2.41. The first-order valence-electron chi connectivity index (χ1n) is 14.3. The molecule has 2 aromatic carbocycles. The Morgan fingerprint density at radius 2 is 1.73 bits per heavy atom. The van der Waals surface area contributed by atoms with Gasteiger partial charge in [0.05, 0.1) is 17.5 Å². The van der Waals surface area contributed by atoms with Gasteiger partial charge in [0, 0.05) is 30.2 Å². The lowest BCUT2D eigenvalue weighted by Crippen LogP contribution is -2.49. The Kier molecular flexibility index (Phi) is 8.54. The molecule has 212 valence electrons. The first kappa shape index (κ1) is 27.9. The molecule has 0 saturated carbocycles. The highest BCUT2D eigenvalue weighted by Crippen LogP contribution is 2.38. The number of halogens is 1. The van der Waals surface area contributed by atoms with Crippen molar-refractivity contribution in [3.8, 4) is 11.4 Å². The summed E-state index contributed by atoms with van der Waals surface area (Å²) in [6.07, 6.45) is 4.07. The number of carbonyl (C=O) groups is 2. The van der Waals surface area contributed by atoms with Gasteiger partial charge < -0.3 is 19.9 Å². The molecule has 0 atom stereocenters. The van der Waals surface area contributed by atoms with Crippen molar-refractivity contribution < 1.29 is 18.7 Å². The number of piperidine rings is 1. The van der Waals surface area contributed by atoms with Gasteiger partial charge in [-0.15, -0.1) is 0 Å². The molecule has 0 bridgehead atoms. The van der Waals surface area contributed by atoms with Crippen molar-refractivity contribution in [1.82, 2.24) is 20.1 Å². The summed E-state index contributed by atoms with van der Waals surface area (Å²) in [5.74, 6) is 0.269. The third-order valence-corrected chi connectivity index (χ3v) is 8.44. The highest BCUT2D eigenvalue weighted by Gasteiger charge is 2.40. The number of carbonyl (C=O) groups excluding carboxylic acids is 2. The zero-order valence-corrected chi connectivity index (χ0v) is 23.5. The topological polar surface area (TPSA) is 75.6 Å². The lowest BCUT2D eigenvalue weighted by molar-refractivity contribution is -0.134. The molecule has 1 aromatic heterocycles. The third kappa shape index (κ3) is 6.07. The molecule has 2 aliphatic rings. The Morgan fingerprint density at radius 1 is 0.925 bits per heavy atom. The minimum atomic E-state index is -0.416. The van der Waals surface area contributed by atoms with Crippen LogP contribution in [0.2, 0.25) is 0 Å². The van der Waals surface area contributed by atoms with Crippen molar-refractivity contribution in [3.05, 3.63) is 82.9 Å². The van der Waals surface area contributed by atoms with Gasteiger partial charge in [0.25, 0.3) is 5.91 Å². The van der Waals surface area contributed by atoms with Gasteiger partial charge in [-0.3, -0.25) is 14.5 Å². The molecule has 40 heavy (non-hydrogen) atoms. The molecule has 3 aromatic rings. The van der Waals surface area contributed by atoms with E-state index in [2.05, 4.69) is 40.0 Å². The summed E-state index contributed by atoms with van der Waals surface area (Å²) in [7, 11) is 0. The second-order valence-corrected chi connectivity index (χ2v) is 11.1. The number of fused-ring (bicyclic) bond motifs is 1. The number of para-hydroxylation sites is 1. The van der Waals surface area contributed by atoms with E-state index in [1.165, 1.54) is 11.6 Å². The van der Waals surface area contributed by atoms with Crippen molar-refractivity contribution in [3.63, 3.8) is 0 Å². The molecular formula is C32H39FN4O3. The Bertz CT molecular complexity index is 1360. The van der Waals surface area contributed by atoms with Crippen LogP contribution in [0.1, 0.15) is 59.4 Å². The zero-order valence-electron chi connectivity index (χ0n) is 23.5. The summed E-state index contributed by atoms with van der Waals surface area (Å²) >= 11 is 0. The molecule has 1 spiro atoms. The van der Waals surface area contributed by atoms with Crippen LogP contribution in [-0.2, 0) is 11.3 Å². The monoisotopic (exact) mass is 546 g/mol. The van der Waals surface area contributed by atoms with Crippen molar-refractivity contribution in [1.29, 1.82) is 0 Å². The van der Waals surface area contributed by atoms with E-state index < -0.39 is 5.41 Å². The number of benzene rings is 2. The molecular weight excluding hydrogens is 507 g/mol. The summed E-state index contributed by atoms with van der Waals surface area (Å²) < 4.78 is 21.9. The second-order valence-electron chi connectivity index (χ2n) is 11.1. The number of amides is 2. The van der Waals surface area contributed by atoms with Gasteiger partial charge in [-0.05, 0) is 94.6 Å². The molecule has 2 amide bonds. The number of hydrogen-bond acceptors (Lipinski definition) is 4. The van der Waals surface area contributed by atoms with E-state index in [9.17, 15) is 14.0 Å². The summed E-state index contributed by atoms with van der Waals surface area (Å²) in [6, 6.07) is 16.1. The summed E-state index contributed by atoms with van der Waals surface area (Å²) in [4.78, 5) is 28.6. The van der Waals surface area contributed by atoms with E-state index in [4.69, 9.17) is 4.74 Å². The van der Waals surface area contributed by atoms with Gasteiger partial charge in [0.15, 0.2) is 0 Å². The fourth-order valence-electron chi connectivity index (χ4n) is 6.15. The maximum atomic E-state index is 13.9. The number of nitrogens with zero attached hydrogens (tertiary/aromatic N) is 2. The second kappa shape index (κ2) is 12.3. The average Bonchev–Trinajstić information content (AvgIpc) is 3.23. The van der Waals surface area contributed by atoms with Crippen LogP contribution < -0.4 is 15.4 Å². The minimum absolute atomic E-state index is 0.106. The molecule has 0 aliphatic carbocycles. The van der Waals surface area contributed by atoms with E-state index in [1.54, 1.807) is 24.3 Å². The number of nitrogens with one attached hydrogen (secondary N) is 2. The van der Waals surface area contributed by atoms with Crippen LogP contribution in [0.5, 0.6) is 5.75 Å². The number of hydrogen-bond donors (Lipinski definition) is 2. The van der Waals surface area contributed by atoms with Gasteiger partial charge in [0.2, 0.25) is 5.91 Å². The highest BCUT2D eigenvalue weighted by atomic mass is 19.1. The first-order valence-corrected chi connectivity index (χ1v) is 14.3. The van der Waals surface area contributed by atoms with E-state index in [-0.39, 0.29) is 17.6 Å². The SMILES string of the molecule is Cc1cc(CN2CCC3(CCCCNC(=O)c4ccccc4OCCNC3=O)CC2)c(C)n1-c1cccc(F)c1. The Balaban J connectivity index is 1.23. The van der Waals surface area contributed by atoms with Crippen molar-refractivity contribution >= 4 is 11.8 Å². The lowest BCUT2D eigenvalue weighted by atomic mass is 9.73. The molecule has 7 nitrogen and oxygen atoms in total. The van der Waals surface area contributed by atoms with Crippen molar-refractivity contribution in [2.45, 2.75) is 52.5 Å². The van der Waals surface area contributed by atoms with Crippen molar-refractivity contribution in [2.75, 3.05) is 32.8 Å². The van der Waals surface area contributed by atoms with Gasteiger partial charge in [-0.25, -0.2) is 4.39 Å². The smallest absolute Gasteiger partial charge is 0.255 e. The number of ether oxygens (including phenoxy) is 1. The molecule has 0 unspecified atom stereocenters. The van der Waals surface area contributed by atoms with Gasteiger partial charge in [0.1, 0.15) is 18.2 Å². The largest absolute Gasteiger partial charge is 0.491 e. The van der Waals surface area contributed by atoms with Crippen LogP contribution >= 0.6 is 0 Å².